The third-order valence-corrected chi connectivity index (χ3v) is 4.41. The summed E-state index contributed by atoms with van der Waals surface area (Å²) in [6.07, 6.45) is 1.77. The topological polar surface area (TPSA) is 57.1 Å². The molecule has 2 aliphatic rings. The second-order valence-electron chi connectivity index (χ2n) is 6.20. The number of fused-ring (bicyclic) bond motifs is 1. The van der Waals surface area contributed by atoms with Gasteiger partial charge in [0.2, 0.25) is 12.7 Å². The van der Waals surface area contributed by atoms with Crippen molar-refractivity contribution in [2.24, 2.45) is 4.99 Å². The fourth-order valence-electron chi connectivity index (χ4n) is 2.85. The van der Waals surface area contributed by atoms with Gasteiger partial charge in [0, 0.05) is 5.56 Å². The van der Waals surface area contributed by atoms with Crippen molar-refractivity contribution >= 4 is 17.9 Å². The van der Waals surface area contributed by atoms with Crippen LogP contribution in [0.25, 0.3) is 6.08 Å². The molecule has 0 amide bonds. The first-order valence-corrected chi connectivity index (χ1v) is 8.02. The average molecular weight is 335 g/mol. The SMILES string of the molecule is Cc1cc(C)c(/C=C2\N=C(c3ccc4c(c3)OCO4)OC2=O)cc1C. The van der Waals surface area contributed by atoms with Crippen molar-refractivity contribution in [2.45, 2.75) is 20.8 Å². The van der Waals surface area contributed by atoms with Crippen molar-refractivity contribution in [3.8, 4) is 11.5 Å². The summed E-state index contributed by atoms with van der Waals surface area (Å²) in [5, 5.41) is 0. The molecule has 4 rings (SSSR count). The second kappa shape index (κ2) is 5.77. The van der Waals surface area contributed by atoms with Gasteiger partial charge < -0.3 is 14.2 Å². The molecule has 2 aliphatic heterocycles. The lowest BCUT2D eigenvalue weighted by atomic mass is 10.0. The zero-order valence-electron chi connectivity index (χ0n) is 14.3. The lowest BCUT2D eigenvalue weighted by molar-refractivity contribution is -0.129. The predicted molar refractivity (Wildman–Crippen MR) is 93.8 cm³/mol. The Morgan fingerprint density at radius 1 is 0.960 bits per heavy atom. The quantitative estimate of drug-likeness (QED) is 0.620. The Bertz CT molecular complexity index is 956. The fourth-order valence-corrected chi connectivity index (χ4v) is 2.85. The molecule has 5 nitrogen and oxygen atoms in total. The summed E-state index contributed by atoms with van der Waals surface area (Å²) in [5.74, 6) is 1.12. The van der Waals surface area contributed by atoms with Crippen molar-refractivity contribution < 1.29 is 19.0 Å². The molecule has 0 radical (unpaired) electrons. The molecule has 0 fully saturated rings. The molecule has 2 aromatic carbocycles. The molecule has 0 bridgehead atoms. The van der Waals surface area contributed by atoms with Crippen LogP contribution in [0.4, 0.5) is 0 Å². The number of aryl methyl sites for hydroxylation is 3. The number of hydrogen-bond donors (Lipinski definition) is 0. The lowest BCUT2D eigenvalue weighted by Gasteiger charge is -2.06. The molecule has 0 unspecified atom stereocenters. The maximum absolute atomic E-state index is 12.2. The number of benzene rings is 2. The first-order chi connectivity index (χ1) is 12.0. The third-order valence-electron chi connectivity index (χ3n) is 4.41. The van der Waals surface area contributed by atoms with Gasteiger partial charge in [-0.3, -0.25) is 0 Å². The van der Waals surface area contributed by atoms with Crippen LogP contribution in [-0.2, 0) is 9.53 Å². The Balaban J connectivity index is 1.70. The minimum atomic E-state index is -0.453. The van der Waals surface area contributed by atoms with Crippen molar-refractivity contribution in [3.63, 3.8) is 0 Å². The van der Waals surface area contributed by atoms with Gasteiger partial charge in [-0.1, -0.05) is 12.1 Å². The van der Waals surface area contributed by atoms with Crippen molar-refractivity contribution in [2.75, 3.05) is 6.79 Å². The van der Waals surface area contributed by atoms with E-state index in [0.717, 1.165) is 11.1 Å². The number of hydrogen-bond acceptors (Lipinski definition) is 5. The summed E-state index contributed by atoms with van der Waals surface area (Å²) in [7, 11) is 0. The van der Waals surface area contributed by atoms with E-state index in [4.69, 9.17) is 14.2 Å². The normalized spacial score (nSPS) is 17.0. The van der Waals surface area contributed by atoms with Crippen LogP contribution in [0, 0.1) is 20.8 Å². The zero-order valence-corrected chi connectivity index (χ0v) is 14.3. The Morgan fingerprint density at radius 3 is 2.56 bits per heavy atom. The Labute approximate surface area is 145 Å². The number of esters is 1. The molecule has 5 heteroatoms. The molecular formula is C20H17NO4. The molecule has 0 saturated carbocycles. The molecule has 0 atom stereocenters. The van der Waals surface area contributed by atoms with Gasteiger partial charge in [0.1, 0.15) is 0 Å². The summed E-state index contributed by atoms with van der Waals surface area (Å²) in [4.78, 5) is 16.6. The smallest absolute Gasteiger partial charge is 0.363 e. The monoisotopic (exact) mass is 335 g/mol. The highest BCUT2D eigenvalue weighted by molar-refractivity contribution is 6.13. The van der Waals surface area contributed by atoms with E-state index < -0.39 is 5.97 Å². The van der Waals surface area contributed by atoms with Gasteiger partial charge in [-0.15, -0.1) is 0 Å². The molecule has 0 saturated heterocycles. The standard InChI is InChI=1S/C20H17NO4/c1-11-6-13(3)15(7-12(11)2)8-16-20(22)25-19(21-16)14-4-5-17-18(9-14)24-10-23-17/h4-9H,10H2,1-3H3/b16-8-. The van der Waals surface area contributed by atoms with Crippen molar-refractivity contribution in [1.29, 1.82) is 0 Å². The Morgan fingerprint density at radius 2 is 1.72 bits per heavy atom. The van der Waals surface area contributed by atoms with E-state index in [1.165, 1.54) is 11.1 Å². The summed E-state index contributed by atoms with van der Waals surface area (Å²) < 4.78 is 16.0. The van der Waals surface area contributed by atoms with Crippen LogP contribution in [-0.4, -0.2) is 18.7 Å². The van der Waals surface area contributed by atoms with E-state index in [1.54, 1.807) is 24.3 Å². The summed E-state index contributed by atoms with van der Waals surface area (Å²) in [6.45, 7) is 6.33. The van der Waals surface area contributed by atoms with Gasteiger partial charge in [0.05, 0.1) is 0 Å². The molecular weight excluding hydrogens is 318 g/mol. The maximum atomic E-state index is 12.2. The first-order valence-electron chi connectivity index (χ1n) is 8.02. The van der Waals surface area contributed by atoms with Gasteiger partial charge in [0.15, 0.2) is 17.2 Å². The van der Waals surface area contributed by atoms with E-state index in [0.29, 0.717) is 22.8 Å². The highest BCUT2D eigenvalue weighted by Gasteiger charge is 2.26. The van der Waals surface area contributed by atoms with Gasteiger partial charge >= 0.3 is 5.97 Å². The summed E-state index contributed by atoms with van der Waals surface area (Å²) in [5.41, 5.74) is 5.42. The van der Waals surface area contributed by atoms with E-state index in [-0.39, 0.29) is 12.7 Å². The van der Waals surface area contributed by atoms with Gasteiger partial charge in [0.25, 0.3) is 0 Å². The highest BCUT2D eigenvalue weighted by Crippen LogP contribution is 2.33. The number of cyclic esters (lactones) is 1. The molecule has 2 aromatic rings. The van der Waals surface area contributed by atoms with Gasteiger partial charge in [-0.25, -0.2) is 9.79 Å². The minimum Gasteiger partial charge on any atom is -0.454 e. The van der Waals surface area contributed by atoms with Crippen LogP contribution in [0.2, 0.25) is 0 Å². The molecule has 0 aromatic heterocycles. The van der Waals surface area contributed by atoms with Crippen LogP contribution in [0.15, 0.2) is 41.0 Å². The van der Waals surface area contributed by atoms with E-state index in [2.05, 4.69) is 24.0 Å². The van der Waals surface area contributed by atoms with Crippen molar-refractivity contribution in [1.82, 2.24) is 0 Å². The zero-order chi connectivity index (χ0) is 17.6. The Kier molecular flexibility index (Phi) is 3.57. The highest BCUT2D eigenvalue weighted by atomic mass is 16.7. The van der Waals surface area contributed by atoms with Gasteiger partial charge in [-0.05, 0) is 67.3 Å². The maximum Gasteiger partial charge on any atom is 0.363 e. The number of rotatable bonds is 2. The lowest BCUT2D eigenvalue weighted by Crippen LogP contribution is -2.05. The molecule has 0 N–H and O–H groups in total. The Hall–Kier alpha value is -3.08. The van der Waals surface area contributed by atoms with E-state index in [1.807, 2.05) is 13.8 Å². The predicted octanol–water partition coefficient (Wildman–Crippen LogP) is 3.69. The minimum absolute atomic E-state index is 0.197. The molecule has 126 valence electrons. The summed E-state index contributed by atoms with van der Waals surface area (Å²) >= 11 is 0. The van der Waals surface area contributed by atoms with Gasteiger partial charge in [-0.2, -0.15) is 0 Å². The number of nitrogens with zero attached hydrogens (tertiary/aromatic N) is 1. The molecule has 25 heavy (non-hydrogen) atoms. The molecule has 0 aliphatic carbocycles. The first kappa shape index (κ1) is 15.4. The number of ether oxygens (including phenoxy) is 3. The molecule has 0 spiro atoms. The third kappa shape index (κ3) is 2.78. The second-order valence-corrected chi connectivity index (χ2v) is 6.20. The summed E-state index contributed by atoms with van der Waals surface area (Å²) in [6, 6.07) is 9.50. The van der Waals surface area contributed by atoms with Crippen LogP contribution in [0.1, 0.15) is 27.8 Å². The largest absolute Gasteiger partial charge is 0.454 e. The number of carbonyl (C=O) groups is 1. The number of carbonyl (C=O) groups excluding carboxylic acids is 1. The van der Waals surface area contributed by atoms with Crippen LogP contribution in [0.5, 0.6) is 11.5 Å². The van der Waals surface area contributed by atoms with Crippen LogP contribution < -0.4 is 9.47 Å². The average Bonchev–Trinajstić information content (AvgIpc) is 3.18. The number of aliphatic imine (C=N–C) groups is 1. The van der Waals surface area contributed by atoms with E-state index >= 15 is 0 Å². The fraction of sp³-hybridized carbons (Fsp3) is 0.200. The van der Waals surface area contributed by atoms with Crippen LogP contribution in [0.3, 0.4) is 0 Å². The van der Waals surface area contributed by atoms with Crippen LogP contribution >= 0.6 is 0 Å². The van der Waals surface area contributed by atoms with E-state index in [9.17, 15) is 4.79 Å². The molecule has 2 heterocycles. The van der Waals surface area contributed by atoms with Crippen molar-refractivity contribution in [3.05, 3.63) is 63.8 Å².